The summed E-state index contributed by atoms with van der Waals surface area (Å²) in [6.45, 7) is 2.90. The molecule has 1 aromatic carbocycles. The second-order valence-electron chi connectivity index (χ2n) is 6.28. The van der Waals surface area contributed by atoms with E-state index in [0.717, 1.165) is 15.1 Å². The first-order valence-corrected chi connectivity index (χ1v) is 10.3. The van der Waals surface area contributed by atoms with Crippen LogP contribution in [0.15, 0.2) is 59.3 Å². The number of pyridine rings is 1. The van der Waals surface area contributed by atoms with E-state index in [2.05, 4.69) is 4.98 Å². The van der Waals surface area contributed by atoms with Crippen LogP contribution in [0.4, 0.5) is 4.39 Å². The topological polar surface area (TPSA) is 33.2 Å². The molecule has 0 aliphatic carbocycles. The molecule has 0 fully saturated rings. The number of aromatic nitrogens is 1. The first-order valence-electron chi connectivity index (χ1n) is 8.51. The highest BCUT2D eigenvalue weighted by molar-refractivity contribution is 7.10. The van der Waals surface area contributed by atoms with Crippen molar-refractivity contribution < 1.29 is 9.18 Å². The lowest BCUT2D eigenvalue weighted by Gasteiger charge is -2.22. The molecule has 0 atom stereocenters. The van der Waals surface area contributed by atoms with Gasteiger partial charge in [0.15, 0.2) is 0 Å². The largest absolute Gasteiger partial charge is 0.328 e. The van der Waals surface area contributed by atoms with Crippen LogP contribution >= 0.6 is 22.7 Å². The Morgan fingerprint density at radius 3 is 2.30 bits per heavy atom. The van der Waals surface area contributed by atoms with E-state index in [1.165, 1.54) is 12.1 Å². The van der Waals surface area contributed by atoms with Crippen LogP contribution in [0, 0.1) is 12.7 Å². The molecule has 6 heteroatoms. The standard InChI is InChI=1S/C21H17FN2OS2/c1-14-19(10-15-6-7-16(22)11-20(15)23-14)21(25)24(12-17-4-2-8-26-17)13-18-5-3-9-27-18/h2-11H,12-13H2,1H3. The number of thiophene rings is 2. The Morgan fingerprint density at radius 2 is 1.70 bits per heavy atom. The fourth-order valence-electron chi connectivity index (χ4n) is 3.00. The van der Waals surface area contributed by atoms with Gasteiger partial charge in [-0.15, -0.1) is 22.7 Å². The predicted molar refractivity (Wildman–Crippen MR) is 109 cm³/mol. The number of amides is 1. The average molecular weight is 397 g/mol. The molecule has 3 aromatic heterocycles. The Labute approximate surface area is 164 Å². The Morgan fingerprint density at radius 1 is 1.04 bits per heavy atom. The van der Waals surface area contributed by atoms with Crippen LogP contribution in [0.1, 0.15) is 25.8 Å². The third-order valence-corrected chi connectivity index (χ3v) is 6.06. The summed E-state index contributed by atoms with van der Waals surface area (Å²) in [5.74, 6) is -0.390. The van der Waals surface area contributed by atoms with Gasteiger partial charge in [-0.25, -0.2) is 4.39 Å². The van der Waals surface area contributed by atoms with Gasteiger partial charge in [0, 0.05) is 21.2 Å². The number of hydrogen-bond donors (Lipinski definition) is 0. The summed E-state index contributed by atoms with van der Waals surface area (Å²) in [4.78, 5) is 21.9. The van der Waals surface area contributed by atoms with Crippen molar-refractivity contribution in [3.63, 3.8) is 0 Å². The lowest BCUT2D eigenvalue weighted by Crippen LogP contribution is -2.30. The van der Waals surface area contributed by atoms with E-state index in [9.17, 15) is 9.18 Å². The van der Waals surface area contributed by atoms with Crippen molar-refractivity contribution in [3.05, 3.63) is 86.1 Å². The monoisotopic (exact) mass is 396 g/mol. The fraction of sp³-hybridized carbons (Fsp3) is 0.143. The van der Waals surface area contributed by atoms with Gasteiger partial charge in [0.25, 0.3) is 5.91 Å². The molecular weight excluding hydrogens is 379 g/mol. The van der Waals surface area contributed by atoms with Gasteiger partial charge in [-0.05, 0) is 48.0 Å². The first kappa shape index (κ1) is 17.8. The van der Waals surface area contributed by atoms with Gasteiger partial charge in [0.1, 0.15) is 5.82 Å². The van der Waals surface area contributed by atoms with Crippen LogP contribution < -0.4 is 0 Å². The zero-order valence-electron chi connectivity index (χ0n) is 14.7. The normalized spacial score (nSPS) is 11.0. The predicted octanol–water partition coefficient (Wildman–Crippen LogP) is 5.65. The Balaban J connectivity index is 1.70. The maximum absolute atomic E-state index is 13.5. The molecule has 0 saturated carbocycles. The highest BCUT2D eigenvalue weighted by Gasteiger charge is 2.20. The third-order valence-electron chi connectivity index (χ3n) is 4.34. The second kappa shape index (κ2) is 7.58. The van der Waals surface area contributed by atoms with Crippen LogP contribution in [0.3, 0.4) is 0 Å². The van der Waals surface area contributed by atoms with Gasteiger partial charge in [-0.2, -0.15) is 0 Å². The number of rotatable bonds is 5. The Hall–Kier alpha value is -2.57. The number of fused-ring (bicyclic) bond motifs is 1. The molecule has 0 spiro atoms. The van der Waals surface area contributed by atoms with E-state index in [0.29, 0.717) is 29.9 Å². The molecule has 0 N–H and O–H groups in total. The summed E-state index contributed by atoms with van der Waals surface area (Å²) in [6, 6.07) is 14.3. The maximum atomic E-state index is 13.5. The van der Waals surface area contributed by atoms with Gasteiger partial charge in [-0.1, -0.05) is 12.1 Å². The van der Waals surface area contributed by atoms with Crippen molar-refractivity contribution in [1.82, 2.24) is 9.88 Å². The molecule has 0 unspecified atom stereocenters. The average Bonchev–Trinajstić information content (AvgIpc) is 3.34. The van der Waals surface area contributed by atoms with Crippen molar-refractivity contribution >= 4 is 39.5 Å². The summed E-state index contributed by atoms with van der Waals surface area (Å²) >= 11 is 3.27. The van der Waals surface area contributed by atoms with Crippen molar-refractivity contribution in [1.29, 1.82) is 0 Å². The van der Waals surface area contributed by atoms with E-state index in [1.54, 1.807) is 35.7 Å². The number of halogens is 1. The van der Waals surface area contributed by atoms with Crippen LogP contribution in [0.25, 0.3) is 10.9 Å². The zero-order chi connectivity index (χ0) is 18.8. The molecule has 1 amide bonds. The minimum Gasteiger partial charge on any atom is -0.328 e. The highest BCUT2D eigenvalue weighted by Crippen LogP contribution is 2.23. The fourth-order valence-corrected chi connectivity index (χ4v) is 4.44. The van der Waals surface area contributed by atoms with E-state index < -0.39 is 0 Å². The maximum Gasteiger partial charge on any atom is 0.256 e. The van der Waals surface area contributed by atoms with Crippen LogP contribution in [-0.2, 0) is 13.1 Å². The molecule has 0 bridgehead atoms. The van der Waals surface area contributed by atoms with Gasteiger partial charge >= 0.3 is 0 Å². The van der Waals surface area contributed by atoms with Crippen molar-refractivity contribution in [2.24, 2.45) is 0 Å². The number of carbonyl (C=O) groups excluding carboxylic acids is 1. The summed E-state index contributed by atoms with van der Waals surface area (Å²) in [7, 11) is 0. The second-order valence-corrected chi connectivity index (χ2v) is 8.34. The third kappa shape index (κ3) is 3.91. The molecular formula is C21H17FN2OS2. The first-order chi connectivity index (χ1) is 13.1. The Bertz CT molecular complexity index is 1040. The lowest BCUT2D eigenvalue weighted by molar-refractivity contribution is 0.0732. The zero-order valence-corrected chi connectivity index (χ0v) is 16.3. The smallest absolute Gasteiger partial charge is 0.256 e. The molecule has 4 rings (SSSR count). The molecule has 0 aliphatic rings. The Kier molecular flexibility index (Phi) is 5.01. The summed E-state index contributed by atoms with van der Waals surface area (Å²) in [5.41, 5.74) is 1.73. The van der Waals surface area contributed by atoms with E-state index in [-0.39, 0.29) is 11.7 Å². The van der Waals surface area contributed by atoms with Crippen LogP contribution in [0.5, 0.6) is 0 Å². The molecule has 3 nitrogen and oxygen atoms in total. The molecule has 4 aromatic rings. The van der Waals surface area contributed by atoms with Gasteiger partial charge in [0.2, 0.25) is 0 Å². The van der Waals surface area contributed by atoms with Gasteiger partial charge < -0.3 is 4.90 Å². The molecule has 0 radical (unpaired) electrons. The van der Waals surface area contributed by atoms with Crippen molar-refractivity contribution in [2.45, 2.75) is 20.0 Å². The van der Waals surface area contributed by atoms with Gasteiger partial charge in [0.05, 0.1) is 29.9 Å². The van der Waals surface area contributed by atoms with Crippen molar-refractivity contribution in [2.75, 3.05) is 0 Å². The number of carbonyl (C=O) groups is 1. The minimum absolute atomic E-state index is 0.0620. The van der Waals surface area contributed by atoms with E-state index in [4.69, 9.17) is 0 Å². The number of benzene rings is 1. The molecule has 0 saturated heterocycles. The number of hydrogen-bond acceptors (Lipinski definition) is 4. The minimum atomic E-state index is -0.328. The summed E-state index contributed by atoms with van der Waals surface area (Å²) < 4.78 is 13.5. The van der Waals surface area contributed by atoms with Crippen LogP contribution in [0.2, 0.25) is 0 Å². The van der Waals surface area contributed by atoms with E-state index >= 15 is 0 Å². The molecule has 0 aliphatic heterocycles. The number of aryl methyl sites for hydroxylation is 1. The SMILES string of the molecule is Cc1nc2cc(F)ccc2cc1C(=O)N(Cc1cccs1)Cc1cccs1. The highest BCUT2D eigenvalue weighted by atomic mass is 32.1. The molecule has 136 valence electrons. The van der Waals surface area contributed by atoms with E-state index in [1.807, 2.05) is 46.0 Å². The van der Waals surface area contributed by atoms with Crippen LogP contribution in [-0.4, -0.2) is 15.8 Å². The molecule has 3 heterocycles. The molecule has 27 heavy (non-hydrogen) atoms. The quantitative estimate of drug-likeness (QED) is 0.437. The summed E-state index contributed by atoms with van der Waals surface area (Å²) in [6.07, 6.45) is 0. The number of nitrogens with zero attached hydrogens (tertiary/aromatic N) is 2. The summed E-state index contributed by atoms with van der Waals surface area (Å²) in [5, 5.41) is 4.79. The van der Waals surface area contributed by atoms with Gasteiger partial charge in [-0.3, -0.25) is 9.78 Å². The van der Waals surface area contributed by atoms with Crippen molar-refractivity contribution in [3.8, 4) is 0 Å². The lowest BCUT2D eigenvalue weighted by atomic mass is 10.1.